The zero-order chi connectivity index (χ0) is 16.4. The fourth-order valence-electron chi connectivity index (χ4n) is 3.03. The Labute approximate surface area is 140 Å². The number of hydrogen-bond acceptors (Lipinski definition) is 3. The molecule has 1 aliphatic rings. The van der Waals surface area contributed by atoms with Gasteiger partial charge in [0.15, 0.2) is 0 Å². The van der Waals surface area contributed by atoms with Gasteiger partial charge in [-0.05, 0) is 56.1 Å². The van der Waals surface area contributed by atoms with E-state index in [1.165, 1.54) is 23.5 Å². The monoisotopic (exact) mass is 332 g/mol. The Kier molecular flexibility index (Phi) is 4.78. The average molecular weight is 332 g/mol. The molecule has 0 saturated carbocycles. The van der Waals surface area contributed by atoms with E-state index >= 15 is 0 Å². The first kappa shape index (κ1) is 16.1. The molecule has 1 fully saturated rings. The number of likely N-dealkylation sites (N-methyl/N-ethyl adjacent to an activating group) is 1. The van der Waals surface area contributed by atoms with E-state index in [0.717, 1.165) is 46.8 Å². The molecule has 1 unspecified atom stereocenters. The van der Waals surface area contributed by atoms with Crippen molar-refractivity contribution in [3.05, 3.63) is 46.6 Å². The zero-order valence-corrected chi connectivity index (χ0v) is 14.3. The largest absolute Gasteiger partial charge is 0.336 e. The van der Waals surface area contributed by atoms with Crippen molar-refractivity contribution in [2.45, 2.75) is 25.8 Å². The number of rotatable bonds is 3. The first-order valence-corrected chi connectivity index (χ1v) is 8.73. The Morgan fingerprint density at radius 2 is 2.09 bits per heavy atom. The van der Waals surface area contributed by atoms with E-state index in [1.54, 1.807) is 12.1 Å². The summed E-state index contributed by atoms with van der Waals surface area (Å²) in [6, 6.07) is 8.77. The fourth-order valence-corrected chi connectivity index (χ4v) is 4.17. The number of likely N-dealkylation sites (tertiary alicyclic amines) is 1. The molecular weight excluding hydrogens is 311 g/mol. The van der Waals surface area contributed by atoms with Crippen LogP contribution >= 0.6 is 11.3 Å². The highest BCUT2D eigenvalue weighted by molar-refractivity contribution is 7.17. The van der Waals surface area contributed by atoms with Crippen LogP contribution in [0.25, 0.3) is 10.4 Å². The van der Waals surface area contributed by atoms with Crippen molar-refractivity contribution >= 4 is 17.2 Å². The number of piperidine rings is 1. The van der Waals surface area contributed by atoms with E-state index in [4.69, 9.17) is 0 Å². The molecule has 1 aliphatic heterocycles. The van der Waals surface area contributed by atoms with Crippen LogP contribution in [0.3, 0.4) is 0 Å². The van der Waals surface area contributed by atoms with Crippen molar-refractivity contribution in [2.24, 2.45) is 0 Å². The van der Waals surface area contributed by atoms with Crippen LogP contribution in [0.5, 0.6) is 0 Å². The SMILES string of the molecule is CNC1CCCN(C(=O)c2cc(C)c(-c3ccc(F)cc3)s2)C1. The lowest BCUT2D eigenvalue weighted by atomic mass is 10.1. The lowest BCUT2D eigenvalue weighted by Gasteiger charge is -2.32. The van der Waals surface area contributed by atoms with Crippen LogP contribution in [0.2, 0.25) is 0 Å². The summed E-state index contributed by atoms with van der Waals surface area (Å²) in [5.41, 5.74) is 2.02. The van der Waals surface area contributed by atoms with Crippen LogP contribution in [0, 0.1) is 12.7 Å². The Hall–Kier alpha value is -1.72. The molecule has 0 bridgehead atoms. The molecule has 3 nitrogen and oxygen atoms in total. The van der Waals surface area contributed by atoms with Gasteiger partial charge in [0.1, 0.15) is 5.82 Å². The summed E-state index contributed by atoms with van der Waals surface area (Å²) in [7, 11) is 1.95. The van der Waals surface area contributed by atoms with E-state index in [0.29, 0.717) is 6.04 Å². The minimum Gasteiger partial charge on any atom is -0.336 e. The Morgan fingerprint density at radius 3 is 2.78 bits per heavy atom. The molecule has 1 N–H and O–H groups in total. The molecule has 2 aromatic rings. The normalized spacial score (nSPS) is 18.2. The zero-order valence-electron chi connectivity index (χ0n) is 13.4. The number of hydrogen-bond donors (Lipinski definition) is 1. The second-order valence-corrected chi connectivity index (χ2v) is 7.06. The standard InChI is InChI=1S/C18H21FN2OS/c1-12-10-16(18(22)21-9-3-4-15(11-21)20-2)23-17(12)13-5-7-14(19)8-6-13/h5-8,10,15,20H,3-4,9,11H2,1-2H3. The van der Waals surface area contributed by atoms with E-state index in [9.17, 15) is 9.18 Å². The van der Waals surface area contributed by atoms with Gasteiger partial charge in [-0.15, -0.1) is 11.3 Å². The molecule has 0 radical (unpaired) electrons. The number of carbonyl (C=O) groups is 1. The van der Waals surface area contributed by atoms with Crippen LogP contribution in [-0.4, -0.2) is 37.0 Å². The van der Waals surface area contributed by atoms with E-state index in [2.05, 4.69) is 5.32 Å². The van der Waals surface area contributed by atoms with E-state index < -0.39 is 0 Å². The third-order valence-electron chi connectivity index (χ3n) is 4.35. The van der Waals surface area contributed by atoms with Crippen LogP contribution in [0.4, 0.5) is 4.39 Å². The van der Waals surface area contributed by atoms with Crippen molar-refractivity contribution in [3.63, 3.8) is 0 Å². The van der Waals surface area contributed by atoms with Gasteiger partial charge in [-0.1, -0.05) is 12.1 Å². The maximum atomic E-state index is 13.1. The molecule has 1 aromatic carbocycles. The summed E-state index contributed by atoms with van der Waals surface area (Å²) in [5, 5.41) is 3.26. The maximum Gasteiger partial charge on any atom is 0.264 e. The molecule has 5 heteroatoms. The van der Waals surface area contributed by atoms with Gasteiger partial charge in [0.2, 0.25) is 0 Å². The molecule has 3 rings (SSSR count). The Balaban J connectivity index is 1.82. The molecule has 23 heavy (non-hydrogen) atoms. The summed E-state index contributed by atoms with van der Waals surface area (Å²) < 4.78 is 13.1. The highest BCUT2D eigenvalue weighted by atomic mass is 32.1. The molecular formula is C18H21FN2OS. The van der Waals surface area contributed by atoms with E-state index in [-0.39, 0.29) is 11.7 Å². The molecule has 122 valence electrons. The first-order valence-electron chi connectivity index (χ1n) is 7.91. The van der Waals surface area contributed by atoms with Gasteiger partial charge in [-0.2, -0.15) is 0 Å². The van der Waals surface area contributed by atoms with Crippen LogP contribution in [-0.2, 0) is 0 Å². The topological polar surface area (TPSA) is 32.3 Å². The molecule has 1 amide bonds. The number of benzene rings is 1. The Morgan fingerprint density at radius 1 is 1.35 bits per heavy atom. The summed E-state index contributed by atoms with van der Waals surface area (Å²) in [5.74, 6) is -0.142. The molecule has 1 aromatic heterocycles. The average Bonchev–Trinajstić information content (AvgIpc) is 2.97. The molecule has 1 atom stereocenters. The van der Waals surface area contributed by atoms with Crippen LogP contribution < -0.4 is 5.32 Å². The van der Waals surface area contributed by atoms with Crippen molar-refractivity contribution in [3.8, 4) is 10.4 Å². The third kappa shape index (κ3) is 3.46. The smallest absolute Gasteiger partial charge is 0.264 e. The van der Waals surface area contributed by atoms with Gasteiger partial charge < -0.3 is 10.2 Å². The van der Waals surface area contributed by atoms with Crippen LogP contribution in [0.1, 0.15) is 28.1 Å². The number of amides is 1. The van der Waals surface area contributed by atoms with Crippen molar-refractivity contribution < 1.29 is 9.18 Å². The lowest BCUT2D eigenvalue weighted by molar-refractivity contribution is 0.0703. The number of aryl methyl sites for hydroxylation is 1. The van der Waals surface area contributed by atoms with Gasteiger partial charge in [-0.3, -0.25) is 4.79 Å². The summed E-state index contributed by atoms with van der Waals surface area (Å²) in [6.45, 7) is 3.58. The Bertz CT molecular complexity index is 696. The van der Waals surface area contributed by atoms with E-state index in [1.807, 2.05) is 24.9 Å². The van der Waals surface area contributed by atoms with Gasteiger partial charge in [0.25, 0.3) is 5.91 Å². The first-order chi connectivity index (χ1) is 11.1. The minimum atomic E-state index is -0.245. The number of nitrogens with one attached hydrogen (secondary N) is 1. The fraction of sp³-hybridized carbons (Fsp3) is 0.389. The van der Waals surface area contributed by atoms with Crippen molar-refractivity contribution in [1.29, 1.82) is 0 Å². The number of nitrogens with zero attached hydrogens (tertiary/aromatic N) is 1. The van der Waals surface area contributed by atoms with Gasteiger partial charge in [-0.25, -0.2) is 4.39 Å². The highest BCUT2D eigenvalue weighted by Gasteiger charge is 2.25. The van der Waals surface area contributed by atoms with Gasteiger partial charge in [0.05, 0.1) is 4.88 Å². The van der Waals surface area contributed by atoms with Crippen molar-refractivity contribution in [1.82, 2.24) is 10.2 Å². The lowest BCUT2D eigenvalue weighted by Crippen LogP contribution is -2.46. The second-order valence-electron chi connectivity index (χ2n) is 6.01. The molecule has 1 saturated heterocycles. The molecule has 2 heterocycles. The molecule has 0 spiro atoms. The van der Waals surface area contributed by atoms with Crippen LogP contribution in [0.15, 0.2) is 30.3 Å². The molecule has 0 aliphatic carbocycles. The van der Waals surface area contributed by atoms with Gasteiger partial charge in [0, 0.05) is 24.0 Å². The number of halogens is 1. The second kappa shape index (κ2) is 6.81. The van der Waals surface area contributed by atoms with Gasteiger partial charge >= 0.3 is 0 Å². The number of carbonyl (C=O) groups excluding carboxylic acids is 1. The summed E-state index contributed by atoms with van der Waals surface area (Å²) >= 11 is 1.49. The van der Waals surface area contributed by atoms with Crippen molar-refractivity contribution in [2.75, 3.05) is 20.1 Å². The maximum absolute atomic E-state index is 13.1. The quantitative estimate of drug-likeness (QED) is 0.930. The summed E-state index contributed by atoms with van der Waals surface area (Å²) in [6.07, 6.45) is 2.15. The minimum absolute atomic E-state index is 0.103. The highest BCUT2D eigenvalue weighted by Crippen LogP contribution is 2.33. The number of thiophene rings is 1. The third-order valence-corrected chi connectivity index (χ3v) is 5.63. The summed E-state index contributed by atoms with van der Waals surface area (Å²) in [4.78, 5) is 16.5. The predicted octanol–water partition coefficient (Wildman–Crippen LogP) is 3.69. The predicted molar refractivity (Wildman–Crippen MR) is 92.4 cm³/mol.